The Bertz CT molecular complexity index is 1150. The zero-order valence-electron chi connectivity index (χ0n) is 14.1. The maximum Gasteiger partial charge on any atom is 0.200 e. The summed E-state index contributed by atoms with van der Waals surface area (Å²) < 4.78 is 25.1. The third-order valence-corrected chi connectivity index (χ3v) is 4.63. The van der Waals surface area contributed by atoms with E-state index in [1.807, 2.05) is 30.3 Å². The highest BCUT2D eigenvalue weighted by molar-refractivity contribution is 6.31. The van der Waals surface area contributed by atoms with Gasteiger partial charge < -0.3 is 9.15 Å². The summed E-state index contributed by atoms with van der Waals surface area (Å²) in [6, 6.07) is 18.7. The summed E-state index contributed by atoms with van der Waals surface area (Å²) in [5, 5.41) is 0.752. The van der Waals surface area contributed by atoms with Gasteiger partial charge in [0, 0.05) is 11.6 Å². The van der Waals surface area contributed by atoms with Crippen LogP contribution in [0.2, 0.25) is 5.02 Å². The van der Waals surface area contributed by atoms with Gasteiger partial charge in [0.05, 0.1) is 16.0 Å². The Labute approximate surface area is 159 Å². The van der Waals surface area contributed by atoms with Crippen LogP contribution in [0.25, 0.3) is 22.1 Å². The molecule has 1 aromatic heterocycles. The first kappa shape index (κ1) is 17.3. The first-order valence-electron chi connectivity index (χ1n) is 8.30. The van der Waals surface area contributed by atoms with Gasteiger partial charge in [0.15, 0.2) is 5.43 Å². The molecule has 0 atom stereocenters. The SMILES string of the molecule is O=c1c(-c2ccccc2)coc2cc(OCc3c(F)cccc3Cl)ccc12. The standard InChI is InChI=1S/C22H14ClFO3/c23-19-7-4-8-20(24)18(19)13-26-15-9-10-16-21(11-15)27-12-17(22(16)25)14-5-2-1-3-6-14/h1-12H,13H2. The Kier molecular flexibility index (Phi) is 4.65. The minimum atomic E-state index is -0.428. The molecule has 0 saturated carbocycles. The molecule has 0 bridgehead atoms. The van der Waals surface area contributed by atoms with E-state index in [4.69, 9.17) is 20.8 Å². The summed E-state index contributed by atoms with van der Waals surface area (Å²) in [5.74, 6) is 0.0276. The molecule has 134 valence electrons. The van der Waals surface area contributed by atoms with E-state index in [0.29, 0.717) is 27.3 Å². The molecule has 0 unspecified atom stereocenters. The average Bonchev–Trinajstić information content (AvgIpc) is 2.68. The summed E-state index contributed by atoms with van der Waals surface area (Å²) in [6.07, 6.45) is 1.44. The minimum absolute atomic E-state index is 0.0245. The molecule has 4 rings (SSSR count). The van der Waals surface area contributed by atoms with Crippen LogP contribution in [-0.4, -0.2) is 0 Å². The molecule has 0 aliphatic carbocycles. The van der Waals surface area contributed by atoms with Crippen molar-refractivity contribution in [3.63, 3.8) is 0 Å². The molecular weight excluding hydrogens is 367 g/mol. The fourth-order valence-electron chi connectivity index (χ4n) is 2.84. The maximum atomic E-state index is 13.8. The minimum Gasteiger partial charge on any atom is -0.489 e. The van der Waals surface area contributed by atoms with Crippen LogP contribution in [0.4, 0.5) is 4.39 Å². The fourth-order valence-corrected chi connectivity index (χ4v) is 3.06. The molecule has 0 amide bonds. The number of ether oxygens (including phenoxy) is 1. The molecule has 3 aromatic carbocycles. The van der Waals surface area contributed by atoms with Gasteiger partial charge >= 0.3 is 0 Å². The lowest BCUT2D eigenvalue weighted by Gasteiger charge is -2.09. The molecular formula is C22H14ClFO3. The molecule has 0 aliphatic rings. The molecule has 0 aliphatic heterocycles. The lowest BCUT2D eigenvalue weighted by atomic mass is 10.1. The summed E-state index contributed by atoms with van der Waals surface area (Å²) in [5.41, 5.74) is 1.85. The highest BCUT2D eigenvalue weighted by atomic mass is 35.5. The average molecular weight is 381 g/mol. The molecule has 0 radical (unpaired) electrons. The summed E-state index contributed by atoms with van der Waals surface area (Å²) in [7, 11) is 0. The Morgan fingerprint density at radius 3 is 2.59 bits per heavy atom. The van der Waals surface area contributed by atoms with E-state index in [1.165, 1.54) is 18.4 Å². The van der Waals surface area contributed by atoms with Crippen LogP contribution < -0.4 is 10.2 Å². The number of hydrogen-bond donors (Lipinski definition) is 0. The van der Waals surface area contributed by atoms with E-state index in [9.17, 15) is 9.18 Å². The molecule has 0 spiro atoms. The van der Waals surface area contributed by atoms with Gasteiger partial charge in [-0.25, -0.2) is 4.39 Å². The van der Waals surface area contributed by atoms with Crippen LogP contribution in [0.5, 0.6) is 5.75 Å². The Morgan fingerprint density at radius 2 is 1.81 bits per heavy atom. The largest absolute Gasteiger partial charge is 0.489 e. The maximum absolute atomic E-state index is 13.8. The number of rotatable bonds is 4. The summed E-state index contributed by atoms with van der Waals surface area (Å²) >= 11 is 6.01. The Hall–Kier alpha value is -3.11. The molecule has 0 N–H and O–H groups in total. The van der Waals surface area contributed by atoms with Gasteiger partial charge in [-0.2, -0.15) is 0 Å². The first-order chi connectivity index (χ1) is 13.1. The zero-order valence-corrected chi connectivity index (χ0v) is 14.9. The highest BCUT2D eigenvalue weighted by Gasteiger charge is 2.11. The lowest BCUT2D eigenvalue weighted by molar-refractivity contribution is 0.300. The van der Waals surface area contributed by atoms with Crippen molar-refractivity contribution < 1.29 is 13.5 Å². The highest BCUT2D eigenvalue weighted by Crippen LogP contribution is 2.25. The van der Waals surface area contributed by atoms with Crippen molar-refractivity contribution in [1.29, 1.82) is 0 Å². The molecule has 5 heteroatoms. The van der Waals surface area contributed by atoms with Crippen LogP contribution in [0.15, 0.2) is 82.2 Å². The first-order valence-corrected chi connectivity index (χ1v) is 8.68. The van der Waals surface area contributed by atoms with Gasteiger partial charge in [-0.3, -0.25) is 4.79 Å². The fraction of sp³-hybridized carbons (Fsp3) is 0.0455. The summed E-state index contributed by atoms with van der Waals surface area (Å²) in [6.45, 7) is -0.0245. The van der Waals surface area contributed by atoms with E-state index in [0.717, 1.165) is 5.56 Å². The van der Waals surface area contributed by atoms with Gasteiger partial charge in [-0.05, 0) is 29.8 Å². The van der Waals surface area contributed by atoms with Gasteiger partial charge in [0.1, 0.15) is 30.0 Å². The van der Waals surface area contributed by atoms with E-state index in [-0.39, 0.29) is 17.6 Å². The normalized spacial score (nSPS) is 10.9. The van der Waals surface area contributed by atoms with Crippen LogP contribution in [0.3, 0.4) is 0 Å². The number of fused-ring (bicyclic) bond motifs is 1. The van der Waals surface area contributed by atoms with Crippen molar-refractivity contribution in [2.75, 3.05) is 0 Å². The molecule has 0 saturated heterocycles. The topological polar surface area (TPSA) is 39.4 Å². The van der Waals surface area contributed by atoms with E-state index in [1.54, 1.807) is 24.3 Å². The second kappa shape index (κ2) is 7.25. The Morgan fingerprint density at radius 1 is 1.00 bits per heavy atom. The predicted molar refractivity (Wildman–Crippen MR) is 104 cm³/mol. The molecule has 4 aromatic rings. The van der Waals surface area contributed by atoms with Gasteiger partial charge in [0.2, 0.25) is 0 Å². The van der Waals surface area contributed by atoms with Crippen LogP contribution in [0.1, 0.15) is 5.56 Å². The number of hydrogen-bond acceptors (Lipinski definition) is 3. The third-order valence-electron chi connectivity index (χ3n) is 4.28. The Balaban J connectivity index is 1.65. The molecule has 0 fully saturated rings. The zero-order chi connectivity index (χ0) is 18.8. The molecule has 3 nitrogen and oxygen atoms in total. The van der Waals surface area contributed by atoms with E-state index >= 15 is 0 Å². The van der Waals surface area contributed by atoms with Gasteiger partial charge in [0.25, 0.3) is 0 Å². The van der Waals surface area contributed by atoms with Gasteiger partial charge in [-0.1, -0.05) is 48.0 Å². The van der Waals surface area contributed by atoms with E-state index < -0.39 is 5.82 Å². The second-order valence-electron chi connectivity index (χ2n) is 5.99. The van der Waals surface area contributed by atoms with Crippen LogP contribution >= 0.6 is 11.6 Å². The van der Waals surface area contributed by atoms with Gasteiger partial charge in [-0.15, -0.1) is 0 Å². The monoisotopic (exact) mass is 380 g/mol. The van der Waals surface area contributed by atoms with Crippen LogP contribution in [0, 0.1) is 5.82 Å². The number of halogens is 2. The molecule has 1 heterocycles. The molecule has 27 heavy (non-hydrogen) atoms. The van der Waals surface area contributed by atoms with Crippen molar-refractivity contribution in [3.8, 4) is 16.9 Å². The van der Waals surface area contributed by atoms with Crippen molar-refractivity contribution >= 4 is 22.6 Å². The van der Waals surface area contributed by atoms with Crippen molar-refractivity contribution in [1.82, 2.24) is 0 Å². The van der Waals surface area contributed by atoms with Crippen molar-refractivity contribution in [2.24, 2.45) is 0 Å². The summed E-state index contributed by atoms with van der Waals surface area (Å²) in [4.78, 5) is 12.7. The smallest absolute Gasteiger partial charge is 0.200 e. The second-order valence-corrected chi connectivity index (χ2v) is 6.40. The quantitative estimate of drug-likeness (QED) is 0.447. The van der Waals surface area contributed by atoms with Crippen molar-refractivity contribution in [3.05, 3.63) is 99.6 Å². The van der Waals surface area contributed by atoms with Crippen molar-refractivity contribution in [2.45, 2.75) is 6.61 Å². The lowest BCUT2D eigenvalue weighted by Crippen LogP contribution is -2.05. The van der Waals surface area contributed by atoms with Crippen LogP contribution in [-0.2, 0) is 6.61 Å². The van der Waals surface area contributed by atoms with E-state index in [2.05, 4.69) is 0 Å². The predicted octanol–water partition coefficient (Wildman–Crippen LogP) is 5.83. The third kappa shape index (κ3) is 3.44. The number of benzene rings is 3.